The van der Waals surface area contributed by atoms with E-state index in [0.29, 0.717) is 0 Å². The van der Waals surface area contributed by atoms with Crippen LogP contribution in [0, 0.1) is 0 Å². The van der Waals surface area contributed by atoms with Crippen LogP contribution >= 0.6 is 0 Å². The van der Waals surface area contributed by atoms with Crippen molar-refractivity contribution in [2.24, 2.45) is 0 Å². The number of hydrogen-bond acceptors (Lipinski definition) is 1. The largest absolute Gasteiger partial charge is 0.301 e. The molecule has 1 nitrogen and oxygen atoms in total. The Hall–Kier alpha value is -0.820. The molecule has 21 heavy (non-hydrogen) atoms. The van der Waals surface area contributed by atoms with Crippen LogP contribution in [-0.4, -0.2) is 24.0 Å². The molecule has 0 unspecified atom stereocenters. The maximum absolute atomic E-state index is 3.51. The average Bonchev–Trinajstić information content (AvgIpc) is 2.53. The van der Waals surface area contributed by atoms with E-state index >= 15 is 0 Å². The van der Waals surface area contributed by atoms with Crippen LogP contribution in [-0.2, 0) is 0 Å². The van der Waals surface area contributed by atoms with Crippen LogP contribution in [0.2, 0.25) is 0 Å². The van der Waals surface area contributed by atoms with Crippen molar-refractivity contribution in [1.29, 1.82) is 0 Å². The van der Waals surface area contributed by atoms with Crippen molar-refractivity contribution in [3.8, 4) is 0 Å². The third kappa shape index (κ3) is 32.6. The molecule has 0 fully saturated rings. The Bertz CT molecular complexity index is 202. The summed E-state index contributed by atoms with van der Waals surface area (Å²) in [7, 11) is 0. The van der Waals surface area contributed by atoms with Gasteiger partial charge in [-0.15, -0.1) is 0 Å². The van der Waals surface area contributed by atoms with Crippen LogP contribution in [0.3, 0.4) is 0 Å². The van der Waals surface area contributed by atoms with Crippen LogP contribution in [0.4, 0.5) is 0 Å². The first kappa shape index (κ1) is 28.4. The number of hydrogen-bond donors (Lipinski definition) is 0. The van der Waals surface area contributed by atoms with Gasteiger partial charge in [0.15, 0.2) is 0 Å². The van der Waals surface area contributed by atoms with Crippen molar-refractivity contribution in [3.63, 3.8) is 0 Å². The molecule has 0 rings (SSSR count). The van der Waals surface area contributed by atoms with Gasteiger partial charge < -0.3 is 4.90 Å². The molecule has 0 aliphatic carbocycles. The second kappa shape index (κ2) is 31.5. The van der Waals surface area contributed by atoms with Crippen molar-refractivity contribution in [2.75, 3.05) is 13.1 Å². The zero-order valence-corrected chi connectivity index (χ0v) is 16.4. The van der Waals surface area contributed by atoms with Crippen molar-refractivity contribution < 1.29 is 0 Å². The van der Waals surface area contributed by atoms with E-state index < -0.39 is 0 Å². The quantitative estimate of drug-likeness (QED) is 0.463. The summed E-state index contributed by atoms with van der Waals surface area (Å²) in [5.74, 6) is 0. The van der Waals surface area contributed by atoms with E-state index in [1.807, 2.05) is 58.9 Å². The summed E-state index contributed by atoms with van der Waals surface area (Å²) in [6.45, 7) is 25.0. The van der Waals surface area contributed by atoms with Gasteiger partial charge in [0.05, 0.1) is 0 Å². The van der Waals surface area contributed by atoms with Gasteiger partial charge in [-0.1, -0.05) is 84.9 Å². The van der Waals surface area contributed by atoms with Gasteiger partial charge in [0.25, 0.3) is 0 Å². The summed E-state index contributed by atoms with van der Waals surface area (Å²) in [6, 6.07) is 0.719. The minimum Gasteiger partial charge on any atom is -0.301 e. The summed E-state index contributed by atoms with van der Waals surface area (Å²) in [4.78, 5) is 2.50. The van der Waals surface area contributed by atoms with Crippen molar-refractivity contribution in [3.05, 3.63) is 37.0 Å². The van der Waals surface area contributed by atoms with E-state index in [9.17, 15) is 0 Å². The minimum absolute atomic E-state index is 0.719. The molecule has 0 aromatic heterocycles. The number of allylic oxidation sites excluding steroid dienone is 5. The van der Waals surface area contributed by atoms with E-state index in [4.69, 9.17) is 0 Å². The first-order valence-electron chi connectivity index (χ1n) is 8.78. The molecular weight excluding hydrogens is 254 g/mol. The van der Waals surface area contributed by atoms with Crippen LogP contribution < -0.4 is 0 Å². The first-order chi connectivity index (χ1) is 10.1. The third-order valence-corrected chi connectivity index (χ3v) is 2.49. The average molecular weight is 298 g/mol. The van der Waals surface area contributed by atoms with Crippen molar-refractivity contribution >= 4 is 0 Å². The van der Waals surface area contributed by atoms with E-state index in [0.717, 1.165) is 6.04 Å². The molecule has 0 atom stereocenters. The molecule has 0 bridgehead atoms. The maximum atomic E-state index is 3.51. The van der Waals surface area contributed by atoms with Crippen LogP contribution in [0.25, 0.3) is 0 Å². The van der Waals surface area contributed by atoms with E-state index in [-0.39, 0.29) is 0 Å². The number of rotatable bonds is 7. The summed E-state index contributed by atoms with van der Waals surface area (Å²) in [5.41, 5.74) is 0. The molecule has 0 aliphatic rings. The molecular formula is C20H43N. The maximum Gasteiger partial charge on any atom is 0.00384 e. The van der Waals surface area contributed by atoms with Crippen LogP contribution in [0.5, 0.6) is 0 Å². The normalized spacial score (nSPS) is 9.67. The second-order valence-electron chi connectivity index (χ2n) is 4.22. The molecule has 0 saturated heterocycles. The standard InChI is InChI=1S/C9H21N.C7H10.2C2H6/c1-5-7-8-10(6-2)9(3)4;1-3-5-7-6-4-2;2*1-2/h9H,5-8H2,1-4H3;3-7H,1H2,2H3;2*1-2H3/b;6-4-,7-5-;;. The van der Waals surface area contributed by atoms with Gasteiger partial charge >= 0.3 is 0 Å². The molecule has 0 heterocycles. The van der Waals surface area contributed by atoms with E-state index in [1.165, 1.54) is 25.9 Å². The molecule has 1 heteroatoms. The highest BCUT2D eigenvalue weighted by Gasteiger charge is 2.03. The molecule has 0 N–H and O–H groups in total. The molecule has 0 aliphatic heterocycles. The Balaban J connectivity index is -0.000000115. The Kier molecular flexibility index (Phi) is 42.6. The fourth-order valence-corrected chi connectivity index (χ4v) is 1.40. The van der Waals surface area contributed by atoms with E-state index in [1.54, 1.807) is 6.08 Å². The van der Waals surface area contributed by atoms with Gasteiger partial charge in [0.2, 0.25) is 0 Å². The Morgan fingerprint density at radius 2 is 1.48 bits per heavy atom. The van der Waals surface area contributed by atoms with Gasteiger partial charge in [-0.2, -0.15) is 0 Å². The minimum atomic E-state index is 0.719. The predicted molar refractivity (Wildman–Crippen MR) is 104 cm³/mol. The zero-order chi connectivity index (χ0) is 17.5. The van der Waals surface area contributed by atoms with Gasteiger partial charge in [-0.25, -0.2) is 0 Å². The fourth-order valence-electron chi connectivity index (χ4n) is 1.40. The molecule has 0 amide bonds. The molecule has 0 saturated carbocycles. The highest BCUT2D eigenvalue weighted by Crippen LogP contribution is 1.99. The number of nitrogens with zero attached hydrogens (tertiary/aromatic N) is 1. The lowest BCUT2D eigenvalue weighted by molar-refractivity contribution is 0.230. The summed E-state index contributed by atoms with van der Waals surface area (Å²) >= 11 is 0. The first-order valence-corrected chi connectivity index (χ1v) is 8.78. The number of unbranched alkanes of at least 4 members (excludes halogenated alkanes) is 1. The molecule has 0 aromatic carbocycles. The zero-order valence-electron chi connectivity index (χ0n) is 16.4. The lowest BCUT2D eigenvalue weighted by Gasteiger charge is -2.24. The lowest BCUT2D eigenvalue weighted by atomic mass is 10.2. The highest BCUT2D eigenvalue weighted by molar-refractivity contribution is 5.07. The molecule has 0 spiro atoms. The van der Waals surface area contributed by atoms with Gasteiger partial charge in [-0.05, 0) is 40.3 Å². The Morgan fingerprint density at radius 3 is 1.76 bits per heavy atom. The summed E-state index contributed by atoms with van der Waals surface area (Å²) in [6.07, 6.45) is 12.2. The van der Waals surface area contributed by atoms with Crippen molar-refractivity contribution in [2.45, 2.75) is 81.2 Å². The second-order valence-corrected chi connectivity index (χ2v) is 4.22. The fraction of sp³-hybridized carbons (Fsp3) is 0.700. The molecule has 0 radical (unpaired) electrons. The predicted octanol–water partition coefficient (Wildman–Crippen LogP) is 6.87. The van der Waals surface area contributed by atoms with Crippen LogP contribution in [0.1, 0.15) is 75.2 Å². The van der Waals surface area contributed by atoms with Crippen LogP contribution in [0.15, 0.2) is 37.0 Å². The van der Waals surface area contributed by atoms with E-state index in [2.05, 4.69) is 39.2 Å². The van der Waals surface area contributed by atoms with Gasteiger partial charge in [0, 0.05) is 6.04 Å². The molecule has 128 valence electrons. The Labute approximate surface area is 136 Å². The smallest absolute Gasteiger partial charge is 0.00384 e. The monoisotopic (exact) mass is 297 g/mol. The van der Waals surface area contributed by atoms with Crippen molar-refractivity contribution in [1.82, 2.24) is 4.90 Å². The SMILES string of the molecule is C=C/C=C\C=C/C.CC.CC.CCCCN(CC)C(C)C. The summed E-state index contributed by atoms with van der Waals surface area (Å²) in [5, 5.41) is 0. The Morgan fingerprint density at radius 1 is 0.952 bits per heavy atom. The molecule has 0 aromatic rings. The third-order valence-electron chi connectivity index (χ3n) is 2.49. The lowest BCUT2D eigenvalue weighted by Crippen LogP contribution is -2.31. The van der Waals surface area contributed by atoms with Gasteiger partial charge in [0.1, 0.15) is 0 Å². The highest BCUT2D eigenvalue weighted by atomic mass is 15.1. The van der Waals surface area contributed by atoms with Gasteiger partial charge in [-0.3, -0.25) is 0 Å². The summed E-state index contributed by atoms with van der Waals surface area (Å²) < 4.78 is 0. The topological polar surface area (TPSA) is 3.24 Å².